The summed E-state index contributed by atoms with van der Waals surface area (Å²) in [5.74, 6) is -0.0957. The van der Waals surface area contributed by atoms with Gasteiger partial charge in [-0.05, 0) is 31.0 Å². The average molecular weight is 285 g/mol. The Bertz CT molecular complexity index is 606. The second-order valence-electron chi connectivity index (χ2n) is 5.31. The zero-order valence-corrected chi connectivity index (χ0v) is 12.1. The highest BCUT2D eigenvalue weighted by Gasteiger charge is 2.28. The van der Waals surface area contributed by atoms with Crippen molar-refractivity contribution < 1.29 is 13.9 Å². The van der Waals surface area contributed by atoms with E-state index >= 15 is 0 Å². The minimum atomic E-state index is -0.412. The number of benzene rings is 1. The second kappa shape index (κ2) is 6.14. The fourth-order valence-corrected chi connectivity index (χ4v) is 3.02. The van der Waals surface area contributed by atoms with Crippen LogP contribution in [0.25, 0.3) is 0 Å². The van der Waals surface area contributed by atoms with Crippen LogP contribution in [-0.4, -0.2) is 24.5 Å². The predicted molar refractivity (Wildman–Crippen MR) is 78.9 cm³/mol. The van der Waals surface area contributed by atoms with Crippen molar-refractivity contribution in [3.8, 4) is 0 Å². The molecule has 1 saturated heterocycles. The highest BCUT2D eigenvalue weighted by atomic mass is 16.5. The molecule has 1 unspecified atom stereocenters. The van der Waals surface area contributed by atoms with Crippen LogP contribution in [0.2, 0.25) is 0 Å². The Morgan fingerprint density at radius 2 is 2.14 bits per heavy atom. The van der Waals surface area contributed by atoms with Gasteiger partial charge in [-0.25, -0.2) is 4.79 Å². The number of rotatable bonds is 4. The monoisotopic (exact) mass is 285 g/mol. The summed E-state index contributed by atoms with van der Waals surface area (Å²) in [6.07, 6.45) is 3.87. The van der Waals surface area contributed by atoms with Crippen molar-refractivity contribution >= 4 is 5.97 Å². The summed E-state index contributed by atoms with van der Waals surface area (Å²) in [5, 5.41) is 0. The van der Waals surface area contributed by atoms with E-state index in [4.69, 9.17) is 9.15 Å². The summed E-state index contributed by atoms with van der Waals surface area (Å²) in [6, 6.07) is 12.8. The molecule has 0 bridgehead atoms. The summed E-state index contributed by atoms with van der Waals surface area (Å²) >= 11 is 0. The summed E-state index contributed by atoms with van der Waals surface area (Å²) < 4.78 is 10.0. The fourth-order valence-electron chi connectivity index (χ4n) is 3.02. The third-order valence-electron chi connectivity index (χ3n) is 4.04. The fraction of sp³-hybridized carbons (Fsp3) is 0.353. The van der Waals surface area contributed by atoms with E-state index in [-0.39, 0.29) is 0 Å². The zero-order valence-electron chi connectivity index (χ0n) is 12.1. The number of nitrogens with zero attached hydrogens (tertiary/aromatic N) is 1. The topological polar surface area (TPSA) is 42.7 Å². The van der Waals surface area contributed by atoms with Crippen LogP contribution < -0.4 is 0 Å². The molecule has 1 aromatic heterocycles. The van der Waals surface area contributed by atoms with Crippen molar-refractivity contribution in [1.29, 1.82) is 0 Å². The van der Waals surface area contributed by atoms with Gasteiger partial charge in [0.2, 0.25) is 5.76 Å². The Labute approximate surface area is 124 Å². The van der Waals surface area contributed by atoms with Gasteiger partial charge in [0.05, 0.1) is 13.4 Å². The number of carbonyl (C=O) groups excluding carboxylic acids is 1. The predicted octanol–water partition coefficient (Wildman–Crippen LogP) is 3.40. The number of ether oxygens (including phenoxy) is 1. The maximum Gasteiger partial charge on any atom is 0.374 e. The first-order chi connectivity index (χ1) is 10.3. The van der Waals surface area contributed by atoms with E-state index in [1.54, 1.807) is 6.26 Å². The van der Waals surface area contributed by atoms with Gasteiger partial charge in [0.15, 0.2) is 0 Å². The van der Waals surface area contributed by atoms with E-state index in [0.717, 1.165) is 18.5 Å². The first-order valence-electron chi connectivity index (χ1n) is 7.23. The van der Waals surface area contributed by atoms with E-state index in [1.165, 1.54) is 19.1 Å². The largest absolute Gasteiger partial charge is 0.463 e. The summed E-state index contributed by atoms with van der Waals surface area (Å²) in [5.41, 5.74) is 2.22. The van der Waals surface area contributed by atoms with Crippen LogP contribution in [-0.2, 0) is 11.3 Å². The molecule has 1 aromatic carbocycles. The van der Waals surface area contributed by atoms with Crippen LogP contribution in [0.3, 0.4) is 0 Å². The van der Waals surface area contributed by atoms with Gasteiger partial charge in [0.25, 0.3) is 0 Å². The van der Waals surface area contributed by atoms with Crippen LogP contribution >= 0.6 is 0 Å². The van der Waals surface area contributed by atoms with Crippen molar-refractivity contribution in [1.82, 2.24) is 4.90 Å². The third-order valence-corrected chi connectivity index (χ3v) is 4.04. The van der Waals surface area contributed by atoms with Crippen LogP contribution in [0, 0.1) is 0 Å². The first-order valence-corrected chi connectivity index (χ1v) is 7.23. The van der Waals surface area contributed by atoms with E-state index in [2.05, 4.69) is 29.2 Å². The SMILES string of the molecule is COC(=O)c1occc1CN1CCCC1c1ccccc1. The molecule has 0 N–H and O–H groups in total. The van der Waals surface area contributed by atoms with Gasteiger partial charge in [-0.3, -0.25) is 4.90 Å². The molecule has 21 heavy (non-hydrogen) atoms. The molecule has 0 radical (unpaired) electrons. The van der Waals surface area contributed by atoms with Crippen LogP contribution in [0.15, 0.2) is 47.1 Å². The Hall–Kier alpha value is -2.07. The smallest absolute Gasteiger partial charge is 0.374 e. The number of hydrogen-bond acceptors (Lipinski definition) is 4. The van der Waals surface area contributed by atoms with E-state index in [1.807, 2.05) is 12.1 Å². The van der Waals surface area contributed by atoms with Crippen molar-refractivity contribution in [2.75, 3.05) is 13.7 Å². The van der Waals surface area contributed by atoms with Crippen molar-refractivity contribution in [2.45, 2.75) is 25.4 Å². The molecule has 1 aliphatic heterocycles. The number of esters is 1. The summed E-state index contributed by atoms with van der Waals surface area (Å²) in [4.78, 5) is 14.1. The maximum absolute atomic E-state index is 11.7. The maximum atomic E-state index is 11.7. The lowest BCUT2D eigenvalue weighted by molar-refractivity contribution is 0.0561. The average Bonchev–Trinajstić information content (AvgIpc) is 3.17. The van der Waals surface area contributed by atoms with Crippen LogP contribution in [0.5, 0.6) is 0 Å². The molecule has 1 atom stereocenters. The highest BCUT2D eigenvalue weighted by Crippen LogP contribution is 2.33. The van der Waals surface area contributed by atoms with E-state index in [0.29, 0.717) is 18.3 Å². The Balaban J connectivity index is 1.78. The molecule has 1 fully saturated rings. The molecule has 0 amide bonds. The Morgan fingerprint density at radius 1 is 1.33 bits per heavy atom. The normalized spacial score (nSPS) is 18.8. The van der Waals surface area contributed by atoms with Gasteiger partial charge in [-0.2, -0.15) is 0 Å². The van der Waals surface area contributed by atoms with Crippen molar-refractivity contribution in [3.05, 3.63) is 59.5 Å². The molecule has 4 nitrogen and oxygen atoms in total. The molecule has 0 aliphatic carbocycles. The molecule has 3 rings (SSSR count). The molecule has 4 heteroatoms. The molecule has 2 heterocycles. The molecule has 0 spiro atoms. The van der Waals surface area contributed by atoms with E-state index < -0.39 is 5.97 Å². The lowest BCUT2D eigenvalue weighted by Crippen LogP contribution is -2.23. The number of methoxy groups -OCH3 is 1. The van der Waals surface area contributed by atoms with Gasteiger partial charge in [0, 0.05) is 18.2 Å². The Morgan fingerprint density at radius 3 is 2.90 bits per heavy atom. The molecule has 0 saturated carbocycles. The van der Waals surface area contributed by atoms with Crippen LogP contribution in [0.1, 0.15) is 40.6 Å². The second-order valence-corrected chi connectivity index (χ2v) is 5.31. The highest BCUT2D eigenvalue weighted by molar-refractivity contribution is 5.87. The zero-order chi connectivity index (χ0) is 14.7. The molecular formula is C17H19NO3. The molecule has 1 aliphatic rings. The van der Waals surface area contributed by atoms with Gasteiger partial charge >= 0.3 is 5.97 Å². The van der Waals surface area contributed by atoms with Crippen molar-refractivity contribution in [3.63, 3.8) is 0 Å². The number of furan rings is 1. The quantitative estimate of drug-likeness (QED) is 0.807. The van der Waals surface area contributed by atoms with Gasteiger partial charge in [-0.1, -0.05) is 30.3 Å². The number of carbonyl (C=O) groups is 1. The van der Waals surface area contributed by atoms with Gasteiger partial charge in [0.1, 0.15) is 0 Å². The minimum Gasteiger partial charge on any atom is -0.463 e. The minimum absolute atomic E-state index is 0.316. The molecular weight excluding hydrogens is 266 g/mol. The standard InChI is InChI=1S/C17H19NO3/c1-20-17(19)16-14(9-11-21-16)12-18-10-5-8-15(18)13-6-3-2-4-7-13/h2-4,6-7,9,11,15H,5,8,10,12H2,1H3. The number of likely N-dealkylation sites (tertiary alicyclic amines) is 1. The lowest BCUT2D eigenvalue weighted by atomic mass is 10.0. The summed E-state index contributed by atoms with van der Waals surface area (Å²) in [7, 11) is 1.37. The van der Waals surface area contributed by atoms with Gasteiger partial charge in [-0.15, -0.1) is 0 Å². The van der Waals surface area contributed by atoms with Crippen LogP contribution in [0.4, 0.5) is 0 Å². The first kappa shape index (κ1) is 13.9. The molecule has 110 valence electrons. The van der Waals surface area contributed by atoms with Crippen molar-refractivity contribution in [2.24, 2.45) is 0 Å². The number of hydrogen-bond donors (Lipinski definition) is 0. The van der Waals surface area contributed by atoms with E-state index in [9.17, 15) is 4.79 Å². The third kappa shape index (κ3) is 2.85. The molecule has 2 aromatic rings. The lowest BCUT2D eigenvalue weighted by Gasteiger charge is -2.24. The van der Waals surface area contributed by atoms with Gasteiger partial charge < -0.3 is 9.15 Å². The summed E-state index contributed by atoms with van der Waals surface area (Å²) in [6.45, 7) is 1.74. The Kier molecular flexibility index (Phi) is 4.06.